The van der Waals surface area contributed by atoms with Crippen LogP contribution in [0.1, 0.15) is 63.8 Å². The highest BCUT2D eigenvalue weighted by Crippen LogP contribution is 2.36. The number of aromatic nitrogens is 2. The number of rotatable bonds is 5. The Morgan fingerprint density at radius 2 is 1.92 bits per heavy atom. The Labute approximate surface area is 215 Å². The van der Waals surface area contributed by atoms with Crippen LogP contribution in [-0.4, -0.2) is 56.3 Å². The van der Waals surface area contributed by atoms with Gasteiger partial charge in [0, 0.05) is 23.3 Å². The summed E-state index contributed by atoms with van der Waals surface area (Å²) in [7, 11) is 0. The number of pyridine rings is 1. The number of carbonyl (C=O) groups is 2. The van der Waals surface area contributed by atoms with Crippen LogP contribution < -0.4 is 4.74 Å². The van der Waals surface area contributed by atoms with Crippen LogP contribution >= 0.6 is 11.3 Å². The molecule has 0 spiro atoms. The van der Waals surface area contributed by atoms with Crippen molar-refractivity contribution in [3.8, 4) is 16.5 Å². The lowest BCUT2D eigenvalue weighted by Gasteiger charge is -2.26. The molecule has 1 amide bonds. The van der Waals surface area contributed by atoms with Gasteiger partial charge in [-0.3, -0.25) is 4.90 Å². The molecule has 0 bridgehead atoms. The van der Waals surface area contributed by atoms with Crippen molar-refractivity contribution in [3.63, 3.8) is 0 Å². The fraction of sp³-hybridized carbons (Fsp3) is 0.481. The van der Waals surface area contributed by atoms with Gasteiger partial charge in [-0.15, -0.1) is 11.3 Å². The fourth-order valence-corrected chi connectivity index (χ4v) is 5.13. The Kier molecular flexibility index (Phi) is 6.96. The molecule has 2 aromatic heterocycles. The monoisotopic (exact) mass is 511 g/mol. The summed E-state index contributed by atoms with van der Waals surface area (Å²) in [5, 5.41) is 13.5. The fourth-order valence-electron chi connectivity index (χ4n) is 4.19. The first-order valence-corrected chi connectivity index (χ1v) is 13.0. The number of thiazole rings is 1. The van der Waals surface area contributed by atoms with Crippen LogP contribution in [0.4, 0.5) is 4.79 Å². The molecule has 2 atom stereocenters. The predicted molar refractivity (Wildman–Crippen MR) is 140 cm³/mol. The number of aryl methyl sites for hydroxylation is 2. The highest BCUT2D eigenvalue weighted by Gasteiger charge is 2.43. The molecule has 1 aliphatic heterocycles. The van der Waals surface area contributed by atoms with Crippen molar-refractivity contribution >= 4 is 34.3 Å². The molecule has 0 radical (unpaired) electrons. The lowest BCUT2D eigenvalue weighted by atomic mass is 10.0. The topological polar surface area (TPSA) is 102 Å². The number of carboxylic acid groups (broad SMARTS) is 1. The highest BCUT2D eigenvalue weighted by atomic mass is 32.1. The van der Waals surface area contributed by atoms with Gasteiger partial charge in [0.05, 0.1) is 17.8 Å². The van der Waals surface area contributed by atoms with Crippen LogP contribution in [0.15, 0.2) is 23.6 Å². The van der Waals surface area contributed by atoms with E-state index < -0.39 is 29.8 Å². The van der Waals surface area contributed by atoms with Gasteiger partial charge in [-0.1, -0.05) is 19.9 Å². The Bertz CT molecular complexity index is 1310. The number of carboxylic acids is 1. The molecule has 4 rings (SSSR count). The molecule has 1 aromatic carbocycles. The van der Waals surface area contributed by atoms with E-state index in [1.54, 1.807) is 20.8 Å². The number of likely N-dealkylation sites (tertiary alicyclic amines) is 1. The van der Waals surface area contributed by atoms with E-state index in [1.165, 1.54) is 16.2 Å². The van der Waals surface area contributed by atoms with Gasteiger partial charge in [-0.25, -0.2) is 19.6 Å². The second kappa shape index (κ2) is 9.69. The smallest absolute Gasteiger partial charge is 0.411 e. The standard InChI is InChI=1S/C27H33N3O5S/c1-14(2)20-13-36-24(29-20)19-11-22(18-9-8-15(3)16(4)23(18)28-19)34-17-10-21(25(31)32)30(12-17)26(33)35-27(5,6)7/h8-9,11,13-14,17,21H,10,12H2,1-7H3,(H,31,32)/t17-,21+/m1/s1. The molecule has 3 heterocycles. The van der Waals surface area contributed by atoms with Gasteiger partial charge >= 0.3 is 12.1 Å². The number of fused-ring (bicyclic) bond motifs is 1. The molecule has 3 aromatic rings. The first-order chi connectivity index (χ1) is 16.8. The van der Waals surface area contributed by atoms with E-state index in [1.807, 2.05) is 37.4 Å². The third-order valence-corrected chi connectivity index (χ3v) is 7.15. The Morgan fingerprint density at radius 1 is 1.19 bits per heavy atom. The number of amides is 1. The predicted octanol–water partition coefficient (Wildman–Crippen LogP) is 5.94. The third-order valence-electron chi connectivity index (χ3n) is 6.27. The number of hydrogen-bond acceptors (Lipinski definition) is 7. The van der Waals surface area contributed by atoms with Gasteiger partial charge in [0.15, 0.2) is 0 Å². The summed E-state index contributed by atoms with van der Waals surface area (Å²) < 4.78 is 11.9. The Hall–Kier alpha value is -3.20. The minimum absolute atomic E-state index is 0.116. The van der Waals surface area contributed by atoms with Gasteiger partial charge < -0.3 is 14.6 Å². The van der Waals surface area contributed by atoms with Crippen LogP contribution in [0, 0.1) is 13.8 Å². The van der Waals surface area contributed by atoms with Crippen LogP contribution in [0.25, 0.3) is 21.6 Å². The van der Waals surface area contributed by atoms with Crippen LogP contribution in [-0.2, 0) is 9.53 Å². The molecule has 0 unspecified atom stereocenters. The van der Waals surface area contributed by atoms with Crippen molar-refractivity contribution in [2.75, 3.05) is 6.54 Å². The lowest BCUT2D eigenvalue weighted by molar-refractivity contribution is -0.142. The summed E-state index contributed by atoms with van der Waals surface area (Å²) in [5.41, 5.74) is 3.97. The number of aliphatic carboxylic acids is 1. The molecule has 1 N–H and O–H groups in total. The Balaban J connectivity index is 1.71. The minimum atomic E-state index is -1.08. The zero-order valence-electron chi connectivity index (χ0n) is 21.8. The van der Waals surface area contributed by atoms with Crippen LogP contribution in [0.5, 0.6) is 5.75 Å². The average Bonchev–Trinajstić information content (AvgIpc) is 3.43. The highest BCUT2D eigenvalue weighted by molar-refractivity contribution is 7.13. The Morgan fingerprint density at radius 3 is 2.53 bits per heavy atom. The van der Waals surface area contributed by atoms with Crippen molar-refractivity contribution in [1.82, 2.24) is 14.9 Å². The number of benzene rings is 1. The lowest BCUT2D eigenvalue weighted by Crippen LogP contribution is -2.43. The van der Waals surface area contributed by atoms with E-state index in [2.05, 4.69) is 13.8 Å². The molecule has 0 saturated carbocycles. The number of carbonyl (C=O) groups excluding carboxylic acids is 1. The molecule has 1 fully saturated rings. The molecular formula is C27H33N3O5S. The van der Waals surface area contributed by atoms with Crippen molar-refractivity contribution < 1.29 is 24.2 Å². The van der Waals surface area contributed by atoms with E-state index in [4.69, 9.17) is 19.4 Å². The van der Waals surface area contributed by atoms with Gasteiger partial charge in [0.1, 0.15) is 34.2 Å². The maximum absolute atomic E-state index is 12.7. The SMILES string of the molecule is Cc1ccc2c(O[C@@H]3C[C@@H](C(=O)O)N(C(=O)OC(C)(C)C)C3)cc(-c3nc(C(C)C)cs3)nc2c1C. The summed E-state index contributed by atoms with van der Waals surface area (Å²) in [6, 6.07) is 4.84. The van der Waals surface area contributed by atoms with Crippen molar-refractivity contribution in [3.05, 3.63) is 40.4 Å². The summed E-state index contributed by atoms with van der Waals surface area (Å²) in [4.78, 5) is 35.6. The number of nitrogens with zero attached hydrogens (tertiary/aromatic N) is 3. The molecular weight excluding hydrogens is 478 g/mol. The van der Waals surface area contributed by atoms with E-state index >= 15 is 0 Å². The van der Waals surface area contributed by atoms with Gasteiger partial charge in [0.25, 0.3) is 0 Å². The average molecular weight is 512 g/mol. The van der Waals surface area contributed by atoms with Gasteiger partial charge in [-0.05, 0) is 57.7 Å². The quantitative estimate of drug-likeness (QED) is 0.452. The maximum Gasteiger partial charge on any atom is 0.411 e. The maximum atomic E-state index is 12.7. The molecule has 1 aliphatic rings. The first kappa shape index (κ1) is 25.9. The normalized spacial score (nSPS) is 18.2. The van der Waals surface area contributed by atoms with Crippen molar-refractivity contribution in [2.24, 2.45) is 0 Å². The summed E-state index contributed by atoms with van der Waals surface area (Å²) >= 11 is 1.54. The van der Waals surface area contributed by atoms with E-state index in [-0.39, 0.29) is 13.0 Å². The van der Waals surface area contributed by atoms with Crippen LogP contribution in [0.3, 0.4) is 0 Å². The van der Waals surface area contributed by atoms with E-state index in [0.29, 0.717) is 17.4 Å². The number of ether oxygens (including phenoxy) is 2. The number of hydrogen-bond donors (Lipinski definition) is 1. The van der Waals surface area contributed by atoms with Gasteiger partial charge in [-0.2, -0.15) is 0 Å². The second-order valence-corrected chi connectivity index (χ2v) is 11.5. The summed E-state index contributed by atoms with van der Waals surface area (Å²) in [6.07, 6.45) is -1.01. The summed E-state index contributed by atoms with van der Waals surface area (Å²) in [6.45, 7) is 13.6. The molecule has 36 heavy (non-hydrogen) atoms. The molecule has 192 valence electrons. The molecule has 1 saturated heterocycles. The zero-order chi connectivity index (χ0) is 26.4. The molecule has 0 aliphatic carbocycles. The molecule has 8 nitrogen and oxygen atoms in total. The first-order valence-electron chi connectivity index (χ1n) is 12.1. The van der Waals surface area contributed by atoms with Crippen molar-refractivity contribution in [2.45, 2.75) is 78.6 Å². The zero-order valence-corrected chi connectivity index (χ0v) is 22.6. The molecule has 9 heteroatoms. The van der Waals surface area contributed by atoms with E-state index in [9.17, 15) is 14.7 Å². The van der Waals surface area contributed by atoms with Crippen LogP contribution in [0.2, 0.25) is 0 Å². The van der Waals surface area contributed by atoms with E-state index in [0.717, 1.165) is 32.7 Å². The van der Waals surface area contributed by atoms with Crippen molar-refractivity contribution in [1.29, 1.82) is 0 Å². The third kappa shape index (κ3) is 5.31. The second-order valence-electron chi connectivity index (χ2n) is 10.6. The minimum Gasteiger partial charge on any atom is -0.488 e. The largest absolute Gasteiger partial charge is 0.488 e. The summed E-state index contributed by atoms with van der Waals surface area (Å²) in [5.74, 6) is -0.178. The van der Waals surface area contributed by atoms with Gasteiger partial charge in [0.2, 0.25) is 0 Å².